The van der Waals surface area contributed by atoms with Crippen molar-refractivity contribution in [1.82, 2.24) is 9.88 Å². The number of aromatic nitrogens is 1. The predicted molar refractivity (Wildman–Crippen MR) is 122 cm³/mol. The van der Waals surface area contributed by atoms with Gasteiger partial charge in [0.1, 0.15) is 23.8 Å². The molecule has 2 aromatic rings. The number of nitrogens with zero attached hydrogens (tertiary/aromatic N) is 3. The summed E-state index contributed by atoms with van der Waals surface area (Å²) in [6, 6.07) is 7.14. The van der Waals surface area contributed by atoms with Crippen molar-refractivity contribution in [3.8, 4) is 5.88 Å². The van der Waals surface area contributed by atoms with Gasteiger partial charge in [-0.1, -0.05) is 17.7 Å². The molecule has 1 atom stereocenters. The minimum absolute atomic E-state index is 0.0518. The molecule has 2 N–H and O–H groups in total. The molecule has 0 spiro atoms. The number of anilines is 1. The SMILES string of the molecule is CC(C)(C)OC(=O)N1CCN(c2nc(OCc3ccc(Cl)cc3F)ccc2CO)C(CO)C1. The third-order valence-corrected chi connectivity index (χ3v) is 5.34. The lowest BCUT2D eigenvalue weighted by Crippen LogP contribution is -2.57. The second-order valence-electron chi connectivity index (χ2n) is 8.77. The highest BCUT2D eigenvalue weighted by atomic mass is 35.5. The summed E-state index contributed by atoms with van der Waals surface area (Å²) in [5, 5.41) is 20.1. The maximum Gasteiger partial charge on any atom is 0.410 e. The van der Waals surface area contributed by atoms with Gasteiger partial charge >= 0.3 is 6.09 Å². The van der Waals surface area contributed by atoms with Crippen LogP contribution in [0.5, 0.6) is 5.88 Å². The van der Waals surface area contributed by atoms with Crippen LogP contribution in [-0.4, -0.2) is 64.1 Å². The van der Waals surface area contributed by atoms with Crippen LogP contribution in [-0.2, 0) is 18.0 Å². The lowest BCUT2D eigenvalue weighted by atomic mass is 10.1. The number of aliphatic hydroxyl groups excluding tert-OH is 2. The molecule has 0 saturated carbocycles. The van der Waals surface area contributed by atoms with E-state index in [1.54, 1.807) is 49.9 Å². The molecule has 1 aliphatic heterocycles. The molecule has 0 bridgehead atoms. The minimum atomic E-state index is -0.621. The van der Waals surface area contributed by atoms with Gasteiger partial charge in [0, 0.05) is 41.9 Å². The van der Waals surface area contributed by atoms with Crippen LogP contribution in [0.3, 0.4) is 0 Å². The Balaban J connectivity index is 1.76. The summed E-state index contributed by atoms with van der Waals surface area (Å²) in [6.07, 6.45) is -0.446. The van der Waals surface area contributed by atoms with E-state index in [9.17, 15) is 19.4 Å². The van der Waals surface area contributed by atoms with Gasteiger partial charge in [-0.3, -0.25) is 0 Å². The fourth-order valence-electron chi connectivity index (χ4n) is 3.49. The van der Waals surface area contributed by atoms with Crippen molar-refractivity contribution in [3.63, 3.8) is 0 Å². The number of carbonyl (C=O) groups is 1. The van der Waals surface area contributed by atoms with Crippen LogP contribution in [0.4, 0.5) is 15.0 Å². The predicted octanol–water partition coefficient (Wildman–Crippen LogP) is 3.36. The first kappa shape index (κ1) is 25.0. The maximum atomic E-state index is 14.0. The Labute approximate surface area is 197 Å². The van der Waals surface area contributed by atoms with Gasteiger partial charge in [0.05, 0.1) is 19.3 Å². The van der Waals surface area contributed by atoms with Gasteiger partial charge in [0.25, 0.3) is 0 Å². The third-order valence-electron chi connectivity index (χ3n) is 5.11. The molecule has 1 unspecified atom stereocenters. The Morgan fingerprint density at radius 1 is 1.21 bits per heavy atom. The maximum absolute atomic E-state index is 14.0. The molecule has 2 heterocycles. The van der Waals surface area contributed by atoms with Crippen molar-refractivity contribution in [2.75, 3.05) is 31.1 Å². The van der Waals surface area contributed by atoms with Gasteiger partial charge in [-0.2, -0.15) is 4.98 Å². The normalized spacial score (nSPS) is 16.6. The number of ether oxygens (including phenoxy) is 2. The zero-order valence-corrected chi connectivity index (χ0v) is 19.7. The highest BCUT2D eigenvalue weighted by molar-refractivity contribution is 6.30. The summed E-state index contributed by atoms with van der Waals surface area (Å²) in [7, 11) is 0. The van der Waals surface area contributed by atoms with Gasteiger partial charge in [-0.25, -0.2) is 9.18 Å². The summed E-state index contributed by atoms with van der Waals surface area (Å²) in [5.74, 6) is 0.200. The summed E-state index contributed by atoms with van der Waals surface area (Å²) in [4.78, 5) is 20.3. The second kappa shape index (κ2) is 10.5. The number of hydrogen-bond acceptors (Lipinski definition) is 7. The van der Waals surface area contributed by atoms with Crippen molar-refractivity contribution < 1.29 is 28.9 Å². The largest absolute Gasteiger partial charge is 0.473 e. The van der Waals surface area contributed by atoms with E-state index in [0.717, 1.165) is 0 Å². The Morgan fingerprint density at radius 2 is 1.94 bits per heavy atom. The molecular weight excluding hydrogens is 453 g/mol. The molecular formula is C23H29ClFN3O5. The van der Waals surface area contributed by atoms with Gasteiger partial charge in [-0.15, -0.1) is 0 Å². The molecule has 33 heavy (non-hydrogen) atoms. The van der Waals surface area contributed by atoms with Crippen LogP contribution in [0.15, 0.2) is 30.3 Å². The first-order valence-electron chi connectivity index (χ1n) is 10.6. The van der Waals surface area contributed by atoms with Crippen LogP contribution in [0.2, 0.25) is 5.02 Å². The Morgan fingerprint density at radius 3 is 2.58 bits per heavy atom. The molecule has 0 radical (unpaired) electrons. The Bertz CT molecular complexity index is 985. The number of hydrogen-bond donors (Lipinski definition) is 2. The monoisotopic (exact) mass is 481 g/mol. The first-order valence-corrected chi connectivity index (χ1v) is 11.0. The highest BCUT2D eigenvalue weighted by Gasteiger charge is 2.33. The molecule has 1 amide bonds. The van der Waals surface area contributed by atoms with Crippen LogP contribution in [0, 0.1) is 5.82 Å². The molecule has 1 aliphatic rings. The average molecular weight is 482 g/mol. The third kappa shape index (κ3) is 6.46. The zero-order valence-electron chi connectivity index (χ0n) is 18.9. The summed E-state index contributed by atoms with van der Waals surface area (Å²) in [5.41, 5.74) is 0.251. The molecule has 180 valence electrons. The molecule has 1 saturated heterocycles. The fraction of sp³-hybridized carbons (Fsp3) is 0.478. The van der Waals surface area contributed by atoms with Crippen LogP contribution in [0.1, 0.15) is 31.9 Å². The topological polar surface area (TPSA) is 95.4 Å². The van der Waals surface area contributed by atoms with Crippen molar-refractivity contribution in [1.29, 1.82) is 0 Å². The van der Waals surface area contributed by atoms with Crippen molar-refractivity contribution in [2.24, 2.45) is 0 Å². The first-order chi connectivity index (χ1) is 15.6. The average Bonchev–Trinajstić information content (AvgIpc) is 2.76. The van der Waals surface area contributed by atoms with E-state index in [-0.39, 0.29) is 32.2 Å². The standard InChI is InChI=1S/C23H29ClFN3O5/c1-23(2,3)33-22(31)27-8-9-28(18(11-27)13-30)21-15(12-29)5-7-20(26-21)32-14-16-4-6-17(24)10-19(16)25/h4-7,10,18,29-30H,8-9,11-14H2,1-3H3. The van der Waals surface area contributed by atoms with E-state index < -0.39 is 23.6 Å². The smallest absolute Gasteiger partial charge is 0.410 e. The van der Waals surface area contributed by atoms with E-state index in [4.69, 9.17) is 21.1 Å². The van der Waals surface area contributed by atoms with Gasteiger partial charge in [0.15, 0.2) is 0 Å². The molecule has 0 aliphatic carbocycles. The van der Waals surface area contributed by atoms with E-state index >= 15 is 0 Å². The van der Waals surface area contributed by atoms with Gasteiger partial charge < -0.3 is 29.5 Å². The molecule has 3 rings (SSSR count). The number of aliphatic hydroxyl groups is 2. The van der Waals surface area contributed by atoms with Gasteiger partial charge in [0.2, 0.25) is 5.88 Å². The number of carbonyl (C=O) groups excluding carboxylic acids is 1. The van der Waals surface area contributed by atoms with Crippen molar-refractivity contribution in [3.05, 3.63) is 52.3 Å². The van der Waals surface area contributed by atoms with Crippen LogP contribution in [0.25, 0.3) is 0 Å². The molecule has 1 aromatic carbocycles. The summed E-state index contributed by atoms with van der Waals surface area (Å²) >= 11 is 5.79. The van der Waals surface area contributed by atoms with E-state index in [1.165, 1.54) is 6.07 Å². The number of benzene rings is 1. The number of halogens is 2. The Hall–Kier alpha value is -2.62. The molecule has 1 aromatic heterocycles. The fourth-order valence-corrected chi connectivity index (χ4v) is 3.64. The lowest BCUT2D eigenvalue weighted by molar-refractivity contribution is 0.0196. The highest BCUT2D eigenvalue weighted by Crippen LogP contribution is 2.27. The summed E-state index contributed by atoms with van der Waals surface area (Å²) < 4.78 is 25.2. The Kier molecular flexibility index (Phi) is 7.99. The van der Waals surface area contributed by atoms with Crippen LogP contribution >= 0.6 is 11.6 Å². The number of rotatable bonds is 6. The number of amides is 1. The van der Waals surface area contributed by atoms with Crippen LogP contribution < -0.4 is 9.64 Å². The molecule has 10 heteroatoms. The molecule has 8 nitrogen and oxygen atoms in total. The van der Waals surface area contributed by atoms with E-state index in [1.807, 2.05) is 4.90 Å². The number of pyridine rings is 1. The van der Waals surface area contributed by atoms with E-state index in [2.05, 4.69) is 4.98 Å². The lowest BCUT2D eigenvalue weighted by Gasteiger charge is -2.42. The zero-order chi connectivity index (χ0) is 24.2. The quantitative estimate of drug-likeness (QED) is 0.653. The number of piperazine rings is 1. The summed E-state index contributed by atoms with van der Waals surface area (Å²) in [6.45, 7) is 5.81. The second-order valence-corrected chi connectivity index (χ2v) is 9.21. The van der Waals surface area contributed by atoms with E-state index in [0.29, 0.717) is 35.1 Å². The van der Waals surface area contributed by atoms with Gasteiger partial charge in [-0.05, 0) is 39.0 Å². The molecule has 1 fully saturated rings. The van der Waals surface area contributed by atoms with Crippen molar-refractivity contribution in [2.45, 2.75) is 45.6 Å². The van der Waals surface area contributed by atoms with Crippen molar-refractivity contribution >= 4 is 23.5 Å². The minimum Gasteiger partial charge on any atom is -0.473 e.